The minimum Gasteiger partial charge on any atom is -0.380 e. The van der Waals surface area contributed by atoms with Crippen molar-refractivity contribution < 1.29 is 4.79 Å². The Kier molecular flexibility index (Phi) is 2.43. The lowest BCUT2D eigenvalue weighted by Crippen LogP contribution is -2.38. The molecule has 1 saturated carbocycles. The molecule has 6 heteroatoms. The van der Waals surface area contributed by atoms with Crippen molar-refractivity contribution in [2.24, 2.45) is 10.8 Å². The van der Waals surface area contributed by atoms with Crippen LogP contribution in [0.4, 0.5) is 5.82 Å². The summed E-state index contributed by atoms with van der Waals surface area (Å²) in [5.41, 5.74) is 6.45. The van der Waals surface area contributed by atoms with Gasteiger partial charge in [0.25, 0.3) is 5.91 Å². The molecular weight excluding hydrogens is 242 g/mol. The lowest BCUT2D eigenvalue weighted by molar-refractivity contribution is 0.0703. The van der Waals surface area contributed by atoms with Crippen LogP contribution in [0.5, 0.6) is 0 Å². The van der Waals surface area contributed by atoms with Gasteiger partial charge in [0.1, 0.15) is 0 Å². The van der Waals surface area contributed by atoms with E-state index in [1.165, 1.54) is 0 Å². The first-order valence-corrected chi connectivity index (χ1v) is 6.77. The molecule has 1 aromatic heterocycles. The Morgan fingerprint density at radius 1 is 1.37 bits per heavy atom. The summed E-state index contributed by atoms with van der Waals surface area (Å²) >= 11 is 0. The van der Waals surface area contributed by atoms with E-state index >= 15 is 0 Å². The molecule has 2 unspecified atom stereocenters. The zero-order valence-corrected chi connectivity index (χ0v) is 11.7. The number of aromatic nitrogens is 3. The molecule has 2 atom stereocenters. The minimum atomic E-state index is -0.0855. The fourth-order valence-corrected chi connectivity index (χ4v) is 4.23. The standard InChI is InChI=1S/C13H21N5O/c1-12(2)4-8-5-13(3,6-12)7-18(8)11(19)9-10(14)16-17-15-9/h8H,4-7H2,1-3H3,(H3,14,15,16,17). The lowest BCUT2D eigenvalue weighted by atomic mass is 9.65. The fraction of sp³-hybridized carbons (Fsp3) is 0.769. The molecule has 6 nitrogen and oxygen atoms in total. The van der Waals surface area contributed by atoms with Crippen molar-refractivity contribution in [3.63, 3.8) is 0 Å². The van der Waals surface area contributed by atoms with Gasteiger partial charge in [0, 0.05) is 12.6 Å². The number of nitrogens with one attached hydrogen (secondary N) is 1. The monoisotopic (exact) mass is 263 g/mol. The number of carbonyl (C=O) groups excluding carboxylic acids is 1. The van der Waals surface area contributed by atoms with Crippen LogP contribution in [0.15, 0.2) is 0 Å². The van der Waals surface area contributed by atoms with Gasteiger partial charge in [-0.05, 0) is 30.1 Å². The van der Waals surface area contributed by atoms with E-state index in [0.717, 1.165) is 25.8 Å². The van der Waals surface area contributed by atoms with Gasteiger partial charge in [-0.2, -0.15) is 5.21 Å². The van der Waals surface area contributed by atoms with Crippen LogP contribution in [0.3, 0.4) is 0 Å². The zero-order chi connectivity index (χ0) is 13.8. The highest BCUT2D eigenvalue weighted by atomic mass is 16.2. The Bertz CT molecular complexity index is 523. The average molecular weight is 263 g/mol. The summed E-state index contributed by atoms with van der Waals surface area (Å²) in [6, 6.07) is 0.303. The summed E-state index contributed by atoms with van der Waals surface area (Å²) in [5, 5.41) is 10.0. The van der Waals surface area contributed by atoms with Gasteiger partial charge in [-0.1, -0.05) is 20.8 Å². The number of amides is 1. The van der Waals surface area contributed by atoms with Crippen LogP contribution in [0, 0.1) is 10.8 Å². The number of likely N-dealkylation sites (tertiary alicyclic amines) is 1. The summed E-state index contributed by atoms with van der Waals surface area (Å²) < 4.78 is 0. The van der Waals surface area contributed by atoms with Crippen LogP contribution in [-0.2, 0) is 0 Å². The predicted molar refractivity (Wildman–Crippen MR) is 71.4 cm³/mol. The number of hydrogen-bond acceptors (Lipinski definition) is 4. The van der Waals surface area contributed by atoms with Crippen molar-refractivity contribution in [1.82, 2.24) is 20.3 Å². The number of anilines is 1. The van der Waals surface area contributed by atoms with E-state index in [2.05, 4.69) is 36.2 Å². The molecule has 2 heterocycles. The normalized spacial score (nSPS) is 32.6. The first-order valence-electron chi connectivity index (χ1n) is 6.77. The molecular formula is C13H21N5O. The zero-order valence-electron chi connectivity index (χ0n) is 11.7. The second-order valence-corrected chi connectivity index (χ2v) is 7.20. The molecule has 104 valence electrons. The Morgan fingerprint density at radius 2 is 2.11 bits per heavy atom. The van der Waals surface area contributed by atoms with Crippen molar-refractivity contribution in [3.05, 3.63) is 5.69 Å². The van der Waals surface area contributed by atoms with Crippen molar-refractivity contribution >= 4 is 11.7 Å². The molecule has 3 rings (SSSR count). The number of nitrogen functional groups attached to an aromatic ring is 1. The quantitative estimate of drug-likeness (QED) is 0.802. The number of nitrogens with two attached hydrogens (primary N) is 1. The van der Waals surface area contributed by atoms with Crippen LogP contribution >= 0.6 is 0 Å². The minimum absolute atomic E-state index is 0.0855. The average Bonchev–Trinajstić information content (AvgIpc) is 2.78. The Labute approximate surface area is 112 Å². The second kappa shape index (κ2) is 3.71. The highest BCUT2D eigenvalue weighted by molar-refractivity contribution is 5.96. The van der Waals surface area contributed by atoms with Gasteiger partial charge >= 0.3 is 0 Å². The fourth-order valence-electron chi connectivity index (χ4n) is 4.23. The van der Waals surface area contributed by atoms with E-state index in [1.807, 2.05) is 4.90 Å². The molecule has 2 aliphatic rings. The van der Waals surface area contributed by atoms with Crippen LogP contribution in [0.25, 0.3) is 0 Å². The van der Waals surface area contributed by atoms with Crippen LogP contribution < -0.4 is 5.73 Å². The molecule has 1 saturated heterocycles. The molecule has 0 aromatic carbocycles. The van der Waals surface area contributed by atoms with Crippen molar-refractivity contribution in [3.8, 4) is 0 Å². The molecule has 1 aliphatic heterocycles. The summed E-state index contributed by atoms with van der Waals surface area (Å²) in [4.78, 5) is 14.5. The van der Waals surface area contributed by atoms with E-state index in [4.69, 9.17) is 5.73 Å². The van der Waals surface area contributed by atoms with Crippen molar-refractivity contribution in [1.29, 1.82) is 0 Å². The van der Waals surface area contributed by atoms with Gasteiger partial charge in [-0.25, -0.2) is 0 Å². The molecule has 2 bridgehead atoms. The third-order valence-corrected chi connectivity index (χ3v) is 4.45. The molecule has 19 heavy (non-hydrogen) atoms. The summed E-state index contributed by atoms with van der Waals surface area (Å²) in [6.45, 7) is 7.65. The van der Waals surface area contributed by atoms with Gasteiger partial charge < -0.3 is 10.6 Å². The first kappa shape index (κ1) is 12.4. The third-order valence-electron chi connectivity index (χ3n) is 4.45. The lowest BCUT2D eigenvalue weighted by Gasteiger charge is -2.39. The van der Waals surface area contributed by atoms with E-state index < -0.39 is 0 Å². The van der Waals surface area contributed by atoms with Crippen LogP contribution in [0.2, 0.25) is 0 Å². The summed E-state index contributed by atoms with van der Waals surface area (Å²) in [7, 11) is 0. The van der Waals surface area contributed by atoms with E-state index in [1.54, 1.807) is 0 Å². The molecule has 3 N–H and O–H groups in total. The number of nitrogens with zero attached hydrogens (tertiary/aromatic N) is 3. The Morgan fingerprint density at radius 3 is 2.74 bits per heavy atom. The van der Waals surface area contributed by atoms with Crippen LogP contribution in [-0.4, -0.2) is 38.8 Å². The molecule has 0 radical (unpaired) electrons. The van der Waals surface area contributed by atoms with Crippen LogP contribution in [0.1, 0.15) is 50.5 Å². The number of hydrogen-bond donors (Lipinski definition) is 2. The first-order chi connectivity index (χ1) is 8.80. The number of fused-ring (bicyclic) bond motifs is 2. The maximum atomic E-state index is 12.5. The molecule has 2 fully saturated rings. The maximum absolute atomic E-state index is 12.5. The van der Waals surface area contributed by atoms with Gasteiger partial charge in [0.05, 0.1) is 0 Å². The second-order valence-electron chi connectivity index (χ2n) is 7.20. The van der Waals surface area contributed by atoms with Gasteiger partial charge in [-0.15, -0.1) is 10.2 Å². The third kappa shape index (κ3) is 1.99. The summed E-state index contributed by atoms with van der Waals surface area (Å²) in [6.07, 6.45) is 3.29. The van der Waals surface area contributed by atoms with E-state index in [9.17, 15) is 4.79 Å². The van der Waals surface area contributed by atoms with E-state index in [-0.39, 0.29) is 22.8 Å². The highest BCUT2D eigenvalue weighted by Gasteiger charge is 2.51. The molecule has 1 aromatic rings. The topological polar surface area (TPSA) is 87.9 Å². The van der Waals surface area contributed by atoms with Gasteiger partial charge in [0.2, 0.25) is 0 Å². The van der Waals surface area contributed by atoms with Crippen molar-refractivity contribution in [2.45, 2.75) is 46.1 Å². The largest absolute Gasteiger partial charge is 0.380 e. The van der Waals surface area contributed by atoms with Gasteiger partial charge in [-0.3, -0.25) is 4.79 Å². The highest BCUT2D eigenvalue weighted by Crippen LogP contribution is 2.52. The predicted octanol–water partition coefficient (Wildman–Crippen LogP) is 1.43. The Hall–Kier alpha value is -1.59. The van der Waals surface area contributed by atoms with Gasteiger partial charge in [0.15, 0.2) is 11.5 Å². The number of H-pyrrole nitrogens is 1. The number of carbonyl (C=O) groups is 1. The smallest absolute Gasteiger partial charge is 0.278 e. The SMILES string of the molecule is CC1(C)CC2CC(C)(CN2C(=O)c2n[nH]nc2N)C1. The Balaban J connectivity index is 1.88. The number of aromatic amines is 1. The summed E-state index contributed by atoms with van der Waals surface area (Å²) in [5.74, 6) is 0.105. The van der Waals surface area contributed by atoms with E-state index in [0.29, 0.717) is 11.5 Å². The molecule has 0 spiro atoms. The molecule has 1 aliphatic carbocycles. The molecule has 1 amide bonds. The van der Waals surface area contributed by atoms with Crippen molar-refractivity contribution in [2.75, 3.05) is 12.3 Å². The number of rotatable bonds is 1. The maximum Gasteiger partial charge on any atom is 0.278 e.